The number of thiophene rings is 1. The van der Waals surface area contributed by atoms with Gasteiger partial charge in [-0.05, 0) is 31.0 Å². The third kappa shape index (κ3) is 3.87. The van der Waals surface area contributed by atoms with Crippen molar-refractivity contribution in [2.75, 3.05) is 12.8 Å². The Bertz CT molecular complexity index is 1210. The van der Waals surface area contributed by atoms with E-state index in [0.717, 1.165) is 49.5 Å². The van der Waals surface area contributed by atoms with Gasteiger partial charge in [-0.15, -0.1) is 21.5 Å². The number of aromatic nitrogens is 4. The van der Waals surface area contributed by atoms with Crippen LogP contribution in [0.15, 0.2) is 47.8 Å². The zero-order chi connectivity index (χ0) is 20.7. The van der Waals surface area contributed by atoms with Crippen LogP contribution in [0.2, 0.25) is 4.34 Å². The number of thioether (sulfide) groups is 1. The van der Waals surface area contributed by atoms with Crippen LogP contribution in [-0.2, 0) is 11.3 Å². The van der Waals surface area contributed by atoms with Crippen LogP contribution in [0.3, 0.4) is 0 Å². The molecule has 0 radical (unpaired) electrons. The van der Waals surface area contributed by atoms with E-state index in [9.17, 15) is 4.79 Å². The Labute approximate surface area is 187 Å². The molecule has 1 aliphatic carbocycles. The average Bonchev–Trinajstić information content (AvgIpc) is 3.16. The topological polar surface area (TPSA) is 66.8 Å². The maximum Gasteiger partial charge on any atom is 0.233 e. The SMILES string of the molecule is CN(Cc1ccc(Cl)s1)C(=O)CSc1nnc(-c2c[nH]c3ccccc23)n1C1CC1. The largest absolute Gasteiger partial charge is 0.360 e. The first-order chi connectivity index (χ1) is 14.6. The molecule has 1 fully saturated rings. The van der Waals surface area contributed by atoms with Crippen molar-refractivity contribution in [3.8, 4) is 11.4 Å². The number of carbonyl (C=O) groups is 1. The number of halogens is 1. The van der Waals surface area contributed by atoms with Crippen molar-refractivity contribution in [2.45, 2.75) is 30.6 Å². The summed E-state index contributed by atoms with van der Waals surface area (Å²) in [6.45, 7) is 0.562. The van der Waals surface area contributed by atoms with E-state index in [1.54, 1.807) is 4.90 Å². The summed E-state index contributed by atoms with van der Waals surface area (Å²) < 4.78 is 2.94. The third-order valence-corrected chi connectivity index (χ3v) is 7.32. The molecule has 4 aromatic rings. The lowest BCUT2D eigenvalue weighted by Crippen LogP contribution is -2.27. The van der Waals surface area contributed by atoms with Crippen molar-refractivity contribution in [1.29, 1.82) is 0 Å². The van der Waals surface area contributed by atoms with Gasteiger partial charge in [-0.3, -0.25) is 9.36 Å². The van der Waals surface area contributed by atoms with Gasteiger partial charge in [0, 0.05) is 40.6 Å². The van der Waals surface area contributed by atoms with E-state index in [0.29, 0.717) is 18.3 Å². The molecule has 6 nitrogen and oxygen atoms in total. The molecule has 154 valence electrons. The highest BCUT2D eigenvalue weighted by molar-refractivity contribution is 7.99. The normalized spacial score (nSPS) is 13.8. The molecule has 3 heterocycles. The number of nitrogens with one attached hydrogen (secondary N) is 1. The van der Waals surface area contributed by atoms with Crippen molar-refractivity contribution in [3.63, 3.8) is 0 Å². The van der Waals surface area contributed by atoms with Crippen molar-refractivity contribution in [1.82, 2.24) is 24.6 Å². The van der Waals surface area contributed by atoms with E-state index in [4.69, 9.17) is 11.6 Å². The molecular formula is C21H20ClN5OS2. The Morgan fingerprint density at radius 2 is 2.13 bits per heavy atom. The lowest BCUT2D eigenvalue weighted by atomic mass is 10.1. The Balaban J connectivity index is 1.34. The summed E-state index contributed by atoms with van der Waals surface area (Å²) in [5.41, 5.74) is 2.13. The van der Waals surface area contributed by atoms with Crippen LogP contribution < -0.4 is 0 Å². The van der Waals surface area contributed by atoms with Crippen molar-refractivity contribution >= 4 is 51.5 Å². The van der Waals surface area contributed by atoms with Gasteiger partial charge in [0.2, 0.25) is 5.91 Å². The van der Waals surface area contributed by atoms with Crippen LogP contribution in [0.4, 0.5) is 0 Å². The molecular weight excluding hydrogens is 438 g/mol. The standard InChI is InChI=1S/C21H20ClN5OS2/c1-26(11-14-8-9-18(22)30-14)19(28)12-29-21-25-24-20(27(21)13-6-7-13)16-10-23-17-5-3-2-4-15(16)17/h2-5,8-10,13,23H,6-7,11-12H2,1H3. The number of amides is 1. The molecule has 0 aliphatic heterocycles. The van der Waals surface area contributed by atoms with Crippen molar-refractivity contribution in [2.24, 2.45) is 0 Å². The number of hydrogen-bond acceptors (Lipinski definition) is 5. The lowest BCUT2D eigenvalue weighted by molar-refractivity contribution is -0.127. The second kappa shape index (κ2) is 8.09. The predicted octanol–water partition coefficient (Wildman–Crippen LogP) is 5.23. The van der Waals surface area contributed by atoms with Crippen LogP contribution in [0.1, 0.15) is 23.8 Å². The highest BCUT2D eigenvalue weighted by atomic mass is 35.5. The monoisotopic (exact) mass is 457 g/mol. The number of aromatic amines is 1. The summed E-state index contributed by atoms with van der Waals surface area (Å²) in [7, 11) is 1.82. The minimum Gasteiger partial charge on any atom is -0.360 e. The highest BCUT2D eigenvalue weighted by Gasteiger charge is 2.31. The minimum atomic E-state index is 0.0588. The maximum absolute atomic E-state index is 12.6. The Morgan fingerprint density at radius 3 is 2.90 bits per heavy atom. The zero-order valence-electron chi connectivity index (χ0n) is 16.3. The molecule has 0 atom stereocenters. The molecule has 30 heavy (non-hydrogen) atoms. The van der Waals surface area contributed by atoms with E-state index in [1.165, 1.54) is 23.1 Å². The minimum absolute atomic E-state index is 0.0588. The van der Waals surface area contributed by atoms with Gasteiger partial charge in [-0.1, -0.05) is 41.6 Å². The molecule has 1 aromatic carbocycles. The predicted molar refractivity (Wildman–Crippen MR) is 122 cm³/mol. The zero-order valence-corrected chi connectivity index (χ0v) is 18.7. The summed E-state index contributed by atoms with van der Waals surface area (Å²) in [6.07, 6.45) is 4.23. The third-order valence-electron chi connectivity index (χ3n) is 5.18. The number of rotatable bonds is 7. The molecule has 0 saturated heterocycles. The van der Waals surface area contributed by atoms with Gasteiger partial charge in [-0.25, -0.2) is 0 Å². The smallest absolute Gasteiger partial charge is 0.233 e. The summed E-state index contributed by atoms with van der Waals surface area (Å²) in [4.78, 5) is 18.8. The number of H-pyrrole nitrogens is 1. The van der Waals surface area contributed by atoms with Gasteiger partial charge in [0.05, 0.1) is 16.6 Å². The van der Waals surface area contributed by atoms with E-state index in [-0.39, 0.29) is 5.91 Å². The van der Waals surface area contributed by atoms with Crippen molar-refractivity contribution < 1.29 is 4.79 Å². The summed E-state index contributed by atoms with van der Waals surface area (Å²) in [6, 6.07) is 12.4. The number of nitrogens with zero attached hydrogens (tertiary/aromatic N) is 4. The fourth-order valence-electron chi connectivity index (χ4n) is 3.47. The number of carbonyl (C=O) groups excluding carboxylic acids is 1. The van der Waals surface area contributed by atoms with Gasteiger partial charge >= 0.3 is 0 Å². The van der Waals surface area contributed by atoms with Crippen LogP contribution in [0.25, 0.3) is 22.3 Å². The van der Waals surface area contributed by atoms with Gasteiger partial charge in [-0.2, -0.15) is 0 Å². The van der Waals surface area contributed by atoms with Gasteiger partial charge in [0.25, 0.3) is 0 Å². The Hall–Kier alpha value is -2.29. The number of para-hydroxylation sites is 1. The van der Waals surface area contributed by atoms with E-state index in [2.05, 4.69) is 31.9 Å². The summed E-state index contributed by atoms with van der Waals surface area (Å²) in [5.74, 6) is 1.25. The maximum atomic E-state index is 12.6. The van der Waals surface area contributed by atoms with Crippen LogP contribution in [0.5, 0.6) is 0 Å². The summed E-state index contributed by atoms with van der Waals surface area (Å²) in [5, 5.41) is 10.9. The Kier molecular flexibility index (Phi) is 5.30. The molecule has 9 heteroatoms. The molecule has 1 amide bonds. The number of hydrogen-bond donors (Lipinski definition) is 1. The molecule has 0 spiro atoms. The van der Waals surface area contributed by atoms with Crippen LogP contribution in [-0.4, -0.2) is 43.4 Å². The highest BCUT2D eigenvalue weighted by Crippen LogP contribution is 2.42. The fraction of sp³-hybridized carbons (Fsp3) is 0.286. The molecule has 0 bridgehead atoms. The van der Waals surface area contributed by atoms with Crippen LogP contribution in [0, 0.1) is 0 Å². The van der Waals surface area contributed by atoms with Gasteiger partial charge in [0.1, 0.15) is 0 Å². The summed E-state index contributed by atoms with van der Waals surface area (Å²) >= 11 is 8.95. The molecule has 1 N–H and O–H groups in total. The van der Waals surface area contributed by atoms with E-state index < -0.39 is 0 Å². The van der Waals surface area contributed by atoms with Crippen molar-refractivity contribution in [3.05, 3.63) is 51.8 Å². The average molecular weight is 458 g/mol. The second-order valence-electron chi connectivity index (χ2n) is 7.40. The quantitative estimate of drug-likeness (QED) is 0.386. The van der Waals surface area contributed by atoms with E-state index >= 15 is 0 Å². The Morgan fingerprint density at radius 1 is 1.30 bits per heavy atom. The fourth-order valence-corrected chi connectivity index (χ4v) is 5.56. The molecule has 0 unspecified atom stereocenters. The number of fused-ring (bicyclic) bond motifs is 1. The first kappa shape index (κ1) is 19.7. The molecule has 1 saturated carbocycles. The van der Waals surface area contributed by atoms with Crippen LogP contribution >= 0.6 is 34.7 Å². The van der Waals surface area contributed by atoms with Gasteiger partial charge < -0.3 is 9.88 Å². The van der Waals surface area contributed by atoms with E-state index in [1.807, 2.05) is 37.5 Å². The number of benzene rings is 1. The molecule has 5 rings (SSSR count). The first-order valence-electron chi connectivity index (χ1n) is 9.72. The lowest BCUT2D eigenvalue weighted by Gasteiger charge is -2.16. The molecule has 1 aliphatic rings. The van der Waals surface area contributed by atoms with Gasteiger partial charge in [0.15, 0.2) is 11.0 Å². The first-order valence-corrected chi connectivity index (χ1v) is 11.9. The molecule has 3 aromatic heterocycles. The second-order valence-corrected chi connectivity index (χ2v) is 10.1.